The minimum absolute atomic E-state index is 0.229. The third-order valence-corrected chi connectivity index (χ3v) is 12.1. The molecule has 9 N–H and O–H groups in total. The maximum Gasteiger partial charge on any atom is 0.220 e. The molecule has 2 rings (SSSR count). The molecule has 0 saturated carbocycles. The van der Waals surface area contributed by atoms with Crippen LogP contribution < -0.4 is 5.32 Å². The number of hydrogen-bond donors (Lipinski definition) is 9. The van der Waals surface area contributed by atoms with Crippen LogP contribution in [0.4, 0.5) is 0 Å². The number of amides is 1. The summed E-state index contributed by atoms with van der Waals surface area (Å²) in [6.07, 6.45) is 34.8. The van der Waals surface area contributed by atoms with Crippen LogP contribution in [0.3, 0.4) is 0 Å². The lowest BCUT2D eigenvalue weighted by atomic mass is 9.97. The number of carbonyl (C=O) groups excluding carboxylic acids is 1. The molecule has 0 bridgehead atoms. The van der Waals surface area contributed by atoms with Crippen molar-refractivity contribution in [1.82, 2.24) is 5.32 Å². The first-order valence-electron chi connectivity index (χ1n) is 25.8. The van der Waals surface area contributed by atoms with Crippen molar-refractivity contribution in [3.05, 3.63) is 85.1 Å². The SMILES string of the molecule is CC/C=C\C/C=C\C/C=C\C/C=C\C/C=C\CCCCCC(=O)NC(COC1OC(CO)C(OC2OC(CO)C(O)C(O)C2O)C(O)C1O)C(O)/C=C/CC/C=C/CCCCCCCCCCC. The molecular weight excluding hydrogens is 871 g/mol. The minimum atomic E-state index is -1.80. The first-order valence-corrected chi connectivity index (χ1v) is 25.8. The zero-order chi connectivity index (χ0) is 49.6. The predicted molar refractivity (Wildman–Crippen MR) is 267 cm³/mol. The molecule has 0 aromatic carbocycles. The molecule has 0 aromatic heterocycles. The number of aliphatic hydroxyl groups is 8. The van der Waals surface area contributed by atoms with Crippen LogP contribution in [0, 0.1) is 0 Å². The fourth-order valence-electron chi connectivity index (χ4n) is 7.86. The molecule has 0 aliphatic carbocycles. The van der Waals surface area contributed by atoms with Crippen LogP contribution in [0.25, 0.3) is 0 Å². The Hall–Kier alpha value is -2.83. The summed E-state index contributed by atoms with van der Waals surface area (Å²) >= 11 is 0. The summed E-state index contributed by atoms with van der Waals surface area (Å²) in [5.74, 6) is -0.285. The lowest BCUT2D eigenvalue weighted by Crippen LogP contribution is -2.65. The topological polar surface area (TPSA) is 228 Å². The maximum atomic E-state index is 13.2. The maximum absolute atomic E-state index is 13.2. The van der Waals surface area contributed by atoms with E-state index in [1.807, 2.05) is 6.08 Å². The van der Waals surface area contributed by atoms with E-state index in [1.165, 1.54) is 57.8 Å². The van der Waals surface area contributed by atoms with Gasteiger partial charge in [0, 0.05) is 6.42 Å². The van der Waals surface area contributed by atoms with E-state index < -0.39 is 86.8 Å². The largest absolute Gasteiger partial charge is 0.394 e. The number of unbranched alkanes of at least 4 members (excludes halogenated alkanes) is 13. The molecule has 12 unspecified atom stereocenters. The number of allylic oxidation sites excluding steroid dienone is 13. The van der Waals surface area contributed by atoms with Crippen LogP contribution >= 0.6 is 0 Å². The van der Waals surface area contributed by atoms with Gasteiger partial charge in [-0.1, -0.05) is 157 Å². The van der Waals surface area contributed by atoms with E-state index in [-0.39, 0.29) is 18.9 Å². The number of rotatable bonds is 38. The molecule has 12 atom stereocenters. The summed E-state index contributed by atoms with van der Waals surface area (Å²) in [4.78, 5) is 13.2. The van der Waals surface area contributed by atoms with E-state index in [2.05, 4.69) is 92.1 Å². The molecule has 2 aliphatic rings. The third-order valence-electron chi connectivity index (χ3n) is 12.1. The molecule has 14 nitrogen and oxygen atoms in total. The Labute approximate surface area is 408 Å². The summed E-state index contributed by atoms with van der Waals surface area (Å²) in [5.41, 5.74) is 0. The van der Waals surface area contributed by atoms with Gasteiger partial charge in [-0.05, 0) is 77.0 Å². The Bertz CT molecular complexity index is 1460. The van der Waals surface area contributed by atoms with Crippen molar-refractivity contribution < 1.29 is 64.6 Å². The average Bonchev–Trinajstić information content (AvgIpc) is 3.34. The third kappa shape index (κ3) is 26.4. The van der Waals surface area contributed by atoms with E-state index in [0.29, 0.717) is 12.8 Å². The van der Waals surface area contributed by atoms with Gasteiger partial charge >= 0.3 is 0 Å². The van der Waals surface area contributed by atoms with Gasteiger partial charge in [0.1, 0.15) is 48.8 Å². The number of ether oxygens (including phenoxy) is 4. The Morgan fingerprint density at radius 2 is 1.03 bits per heavy atom. The summed E-state index contributed by atoms with van der Waals surface area (Å²) in [6.45, 7) is 2.60. The molecular formula is C54H91NO13. The summed E-state index contributed by atoms with van der Waals surface area (Å²) in [6, 6.07) is -0.953. The molecule has 390 valence electrons. The van der Waals surface area contributed by atoms with Crippen molar-refractivity contribution in [2.75, 3.05) is 19.8 Å². The second kappa shape index (κ2) is 39.8. The van der Waals surface area contributed by atoms with E-state index in [1.54, 1.807) is 6.08 Å². The normalized spacial score (nSPS) is 27.1. The van der Waals surface area contributed by atoms with Gasteiger partial charge in [-0.2, -0.15) is 0 Å². The molecule has 68 heavy (non-hydrogen) atoms. The van der Waals surface area contributed by atoms with E-state index in [4.69, 9.17) is 18.9 Å². The average molecular weight is 962 g/mol. The van der Waals surface area contributed by atoms with Gasteiger partial charge in [-0.25, -0.2) is 0 Å². The lowest BCUT2D eigenvalue weighted by Gasteiger charge is -2.46. The second-order valence-electron chi connectivity index (χ2n) is 17.9. The number of nitrogens with one attached hydrogen (secondary N) is 1. The van der Waals surface area contributed by atoms with Crippen molar-refractivity contribution in [2.24, 2.45) is 0 Å². The Kier molecular flexibility index (Phi) is 35.9. The summed E-state index contributed by atoms with van der Waals surface area (Å²) < 4.78 is 22.7. The quantitative estimate of drug-likeness (QED) is 0.0225. The fourth-order valence-corrected chi connectivity index (χ4v) is 7.86. The van der Waals surface area contributed by atoms with Gasteiger partial charge in [0.05, 0.1) is 32.0 Å². The zero-order valence-electron chi connectivity index (χ0n) is 41.3. The van der Waals surface area contributed by atoms with Crippen molar-refractivity contribution in [2.45, 2.75) is 229 Å². The van der Waals surface area contributed by atoms with E-state index in [0.717, 1.165) is 64.2 Å². The highest BCUT2D eigenvalue weighted by Crippen LogP contribution is 2.30. The number of carbonyl (C=O) groups is 1. The van der Waals surface area contributed by atoms with E-state index in [9.17, 15) is 45.6 Å². The first-order chi connectivity index (χ1) is 33.1. The Morgan fingerprint density at radius 1 is 0.544 bits per heavy atom. The van der Waals surface area contributed by atoms with Gasteiger partial charge in [-0.3, -0.25) is 4.79 Å². The van der Waals surface area contributed by atoms with Crippen LogP contribution in [0.2, 0.25) is 0 Å². The predicted octanol–water partition coefficient (Wildman–Crippen LogP) is 6.99. The molecule has 2 saturated heterocycles. The Morgan fingerprint density at radius 3 is 1.62 bits per heavy atom. The monoisotopic (exact) mass is 962 g/mol. The van der Waals surface area contributed by atoms with Gasteiger partial charge in [0.2, 0.25) is 5.91 Å². The molecule has 2 heterocycles. The first kappa shape index (κ1) is 61.3. The highest BCUT2D eigenvalue weighted by molar-refractivity contribution is 5.76. The Balaban J connectivity index is 1.88. The highest BCUT2D eigenvalue weighted by atomic mass is 16.7. The van der Waals surface area contributed by atoms with Crippen molar-refractivity contribution in [1.29, 1.82) is 0 Å². The minimum Gasteiger partial charge on any atom is -0.394 e. The van der Waals surface area contributed by atoms with Gasteiger partial charge in [0.15, 0.2) is 12.6 Å². The van der Waals surface area contributed by atoms with Crippen molar-refractivity contribution in [3.63, 3.8) is 0 Å². The lowest BCUT2D eigenvalue weighted by molar-refractivity contribution is -0.359. The molecule has 14 heteroatoms. The molecule has 0 spiro atoms. The number of aliphatic hydroxyl groups excluding tert-OH is 8. The molecule has 2 fully saturated rings. The van der Waals surface area contributed by atoms with Gasteiger partial charge in [-0.15, -0.1) is 0 Å². The second-order valence-corrected chi connectivity index (χ2v) is 17.9. The summed E-state index contributed by atoms with van der Waals surface area (Å²) in [7, 11) is 0. The molecule has 0 aromatic rings. The van der Waals surface area contributed by atoms with Crippen LogP contribution in [-0.2, 0) is 23.7 Å². The molecule has 0 radical (unpaired) electrons. The van der Waals surface area contributed by atoms with Gasteiger partial charge in [0.25, 0.3) is 0 Å². The van der Waals surface area contributed by atoms with Crippen LogP contribution in [-0.4, -0.2) is 140 Å². The van der Waals surface area contributed by atoms with E-state index >= 15 is 0 Å². The zero-order valence-corrected chi connectivity index (χ0v) is 41.3. The van der Waals surface area contributed by atoms with Crippen LogP contribution in [0.1, 0.15) is 155 Å². The molecule has 1 amide bonds. The van der Waals surface area contributed by atoms with Crippen LogP contribution in [0.15, 0.2) is 85.1 Å². The van der Waals surface area contributed by atoms with Gasteiger partial charge < -0.3 is 65.1 Å². The smallest absolute Gasteiger partial charge is 0.220 e. The fraction of sp³-hybridized carbons (Fsp3) is 0.722. The van der Waals surface area contributed by atoms with Crippen molar-refractivity contribution >= 4 is 5.91 Å². The summed E-state index contributed by atoms with van der Waals surface area (Å²) in [5, 5.41) is 86.7. The van der Waals surface area contributed by atoms with Crippen LogP contribution in [0.5, 0.6) is 0 Å². The van der Waals surface area contributed by atoms with Crippen molar-refractivity contribution in [3.8, 4) is 0 Å². The molecule has 2 aliphatic heterocycles. The highest BCUT2D eigenvalue weighted by Gasteiger charge is 2.51. The number of hydrogen-bond acceptors (Lipinski definition) is 13. The standard InChI is InChI=1S/C54H91NO13/c1-3-5-7-9-11-13-15-17-19-20-21-22-24-26-28-30-32-34-36-38-46(59)55-42(43(58)37-35-33-31-29-27-25-23-18-16-14-12-10-8-6-4-2)41-65-53-51(64)49(62)52(45(40-57)67-53)68-54-50(63)48(61)47(60)44(39-56)66-54/h5,7,11,13,17,19,21-22,26-29,35,37,42-45,47-54,56-58,60-64H,3-4,6,8-10,12,14-16,18,20,23-25,30-34,36,38-41H2,1-2H3,(H,55,59)/b7-5-,13-11-,19-17-,22-21-,28-26-,29-27+,37-35+.